The number of nitrogens with one attached hydrogen (secondary N) is 2. The average Bonchev–Trinajstić information content (AvgIpc) is 3.00. The van der Waals surface area contributed by atoms with E-state index >= 15 is 0 Å². The van der Waals surface area contributed by atoms with Gasteiger partial charge in [0, 0.05) is 38.0 Å². The van der Waals surface area contributed by atoms with Crippen LogP contribution in [0.5, 0.6) is 0 Å². The third kappa shape index (κ3) is 6.77. The van der Waals surface area contributed by atoms with Crippen LogP contribution in [-0.4, -0.2) is 55.1 Å². The Morgan fingerprint density at radius 2 is 2.17 bits per heavy atom. The van der Waals surface area contributed by atoms with E-state index in [0.29, 0.717) is 0 Å². The highest BCUT2D eigenvalue weighted by molar-refractivity contribution is 7.09. The quantitative estimate of drug-likeness (QED) is 0.430. The summed E-state index contributed by atoms with van der Waals surface area (Å²) in [6.45, 7) is 8.79. The van der Waals surface area contributed by atoms with Crippen molar-refractivity contribution in [2.45, 2.75) is 58.4 Å². The molecule has 1 aromatic heterocycles. The zero-order valence-corrected chi connectivity index (χ0v) is 16.3. The van der Waals surface area contributed by atoms with Gasteiger partial charge in [-0.1, -0.05) is 6.42 Å². The number of rotatable bonds is 8. The predicted octanol–water partition coefficient (Wildman–Crippen LogP) is 2.81. The minimum Gasteiger partial charge on any atom is -0.356 e. The number of likely N-dealkylation sites (tertiary alicyclic amines) is 1. The van der Waals surface area contributed by atoms with Crippen molar-refractivity contribution in [2.75, 3.05) is 33.2 Å². The van der Waals surface area contributed by atoms with Crippen LogP contribution < -0.4 is 10.6 Å². The minimum absolute atomic E-state index is 0.774. The molecule has 0 spiro atoms. The van der Waals surface area contributed by atoms with Gasteiger partial charge in [-0.3, -0.25) is 4.99 Å². The van der Waals surface area contributed by atoms with Gasteiger partial charge in [0.2, 0.25) is 0 Å². The average molecular weight is 352 g/mol. The van der Waals surface area contributed by atoms with Crippen molar-refractivity contribution in [3.63, 3.8) is 0 Å². The van der Waals surface area contributed by atoms with Crippen LogP contribution in [0.2, 0.25) is 0 Å². The minimum atomic E-state index is 0.774. The standard InChI is InChI=1S/C18H33N5S/c1-15-8-4-6-12-23(15)13-7-5-10-20-18(19-3)21-11-9-17-14-24-16(2)22-17/h14-15H,4-13H2,1-3H3,(H2,19,20,21). The Labute approximate surface area is 151 Å². The predicted molar refractivity (Wildman–Crippen MR) is 104 cm³/mol. The zero-order chi connectivity index (χ0) is 17.2. The van der Waals surface area contributed by atoms with E-state index in [9.17, 15) is 0 Å². The number of hydrogen-bond donors (Lipinski definition) is 2. The molecule has 5 nitrogen and oxygen atoms in total. The van der Waals surface area contributed by atoms with Gasteiger partial charge in [-0.15, -0.1) is 11.3 Å². The fourth-order valence-corrected chi connectivity index (χ4v) is 3.84. The van der Waals surface area contributed by atoms with E-state index in [-0.39, 0.29) is 0 Å². The molecule has 1 aliphatic heterocycles. The van der Waals surface area contributed by atoms with Gasteiger partial charge in [-0.2, -0.15) is 0 Å². The van der Waals surface area contributed by atoms with Crippen molar-refractivity contribution in [3.05, 3.63) is 16.1 Å². The first-order valence-corrected chi connectivity index (χ1v) is 10.2. The molecule has 1 unspecified atom stereocenters. The van der Waals surface area contributed by atoms with Gasteiger partial charge in [-0.05, 0) is 52.6 Å². The third-order valence-corrected chi connectivity index (χ3v) is 5.49. The highest BCUT2D eigenvalue weighted by Gasteiger charge is 2.16. The second-order valence-electron chi connectivity index (χ2n) is 6.62. The summed E-state index contributed by atoms with van der Waals surface area (Å²) in [4.78, 5) is 11.4. The van der Waals surface area contributed by atoms with Crippen molar-refractivity contribution in [3.8, 4) is 0 Å². The molecule has 0 saturated carbocycles. The van der Waals surface area contributed by atoms with Gasteiger partial charge in [-0.25, -0.2) is 4.98 Å². The van der Waals surface area contributed by atoms with Crippen LogP contribution in [0.15, 0.2) is 10.4 Å². The van der Waals surface area contributed by atoms with Crippen molar-refractivity contribution in [1.82, 2.24) is 20.5 Å². The molecule has 0 aromatic carbocycles. The summed E-state index contributed by atoms with van der Waals surface area (Å²) in [6.07, 6.45) is 7.53. The second-order valence-corrected chi connectivity index (χ2v) is 7.68. The van der Waals surface area contributed by atoms with Gasteiger partial charge in [0.1, 0.15) is 0 Å². The lowest BCUT2D eigenvalue weighted by molar-refractivity contribution is 0.158. The van der Waals surface area contributed by atoms with E-state index in [1.807, 2.05) is 14.0 Å². The smallest absolute Gasteiger partial charge is 0.190 e. The van der Waals surface area contributed by atoms with Crippen LogP contribution in [-0.2, 0) is 6.42 Å². The number of aliphatic imine (C=N–C) groups is 1. The Morgan fingerprint density at radius 3 is 2.88 bits per heavy atom. The van der Waals surface area contributed by atoms with E-state index in [0.717, 1.165) is 42.2 Å². The summed E-state index contributed by atoms with van der Waals surface area (Å²) in [5.74, 6) is 0.897. The Bertz CT molecular complexity index is 499. The highest BCUT2D eigenvalue weighted by atomic mass is 32.1. The molecule has 1 fully saturated rings. The Balaban J connectivity index is 1.53. The lowest BCUT2D eigenvalue weighted by atomic mass is 10.0. The first kappa shape index (κ1) is 19.2. The molecule has 0 radical (unpaired) electrons. The Hall–Kier alpha value is -1.14. The maximum atomic E-state index is 4.48. The van der Waals surface area contributed by atoms with E-state index < -0.39 is 0 Å². The summed E-state index contributed by atoms with van der Waals surface area (Å²) in [5, 5.41) is 10.0. The lowest BCUT2D eigenvalue weighted by Gasteiger charge is -2.33. The summed E-state index contributed by atoms with van der Waals surface area (Å²) in [5.41, 5.74) is 1.16. The Morgan fingerprint density at radius 1 is 1.33 bits per heavy atom. The van der Waals surface area contributed by atoms with Crippen LogP contribution in [0.1, 0.15) is 49.7 Å². The molecule has 136 valence electrons. The van der Waals surface area contributed by atoms with Crippen LogP contribution >= 0.6 is 11.3 Å². The van der Waals surface area contributed by atoms with Gasteiger partial charge in [0.25, 0.3) is 0 Å². The van der Waals surface area contributed by atoms with Crippen LogP contribution in [0.3, 0.4) is 0 Å². The number of thiazole rings is 1. The molecule has 1 saturated heterocycles. The third-order valence-electron chi connectivity index (χ3n) is 4.67. The summed E-state index contributed by atoms with van der Waals surface area (Å²) in [6, 6.07) is 0.774. The molecule has 1 atom stereocenters. The van der Waals surface area contributed by atoms with Gasteiger partial charge >= 0.3 is 0 Å². The molecular weight excluding hydrogens is 318 g/mol. The van der Waals surface area contributed by atoms with Gasteiger partial charge in [0.05, 0.1) is 10.7 Å². The molecule has 2 rings (SSSR count). The molecular formula is C18H33N5S. The number of hydrogen-bond acceptors (Lipinski definition) is 4. The van der Waals surface area contributed by atoms with Crippen molar-refractivity contribution < 1.29 is 0 Å². The zero-order valence-electron chi connectivity index (χ0n) is 15.5. The molecule has 24 heavy (non-hydrogen) atoms. The fraction of sp³-hybridized carbons (Fsp3) is 0.778. The topological polar surface area (TPSA) is 52.6 Å². The van der Waals surface area contributed by atoms with Crippen molar-refractivity contribution in [2.24, 2.45) is 4.99 Å². The van der Waals surface area contributed by atoms with Crippen molar-refractivity contribution in [1.29, 1.82) is 0 Å². The number of guanidine groups is 1. The Kier molecular flexibility index (Phi) is 8.53. The summed E-state index contributed by atoms with van der Waals surface area (Å²) >= 11 is 1.71. The fourth-order valence-electron chi connectivity index (χ4n) is 3.19. The van der Waals surface area contributed by atoms with Crippen LogP contribution in [0, 0.1) is 6.92 Å². The molecule has 6 heteroatoms. The van der Waals surface area contributed by atoms with E-state index in [1.54, 1.807) is 11.3 Å². The number of piperidine rings is 1. The summed E-state index contributed by atoms with van der Waals surface area (Å²) < 4.78 is 0. The number of nitrogens with zero attached hydrogens (tertiary/aromatic N) is 3. The maximum Gasteiger partial charge on any atom is 0.190 e. The molecule has 2 heterocycles. The van der Waals surface area contributed by atoms with E-state index in [4.69, 9.17) is 0 Å². The monoisotopic (exact) mass is 351 g/mol. The normalized spacial score (nSPS) is 19.5. The number of unbranched alkanes of at least 4 members (excludes halogenated alkanes) is 1. The van der Waals surface area contributed by atoms with Gasteiger partial charge in [0.15, 0.2) is 5.96 Å². The van der Waals surface area contributed by atoms with E-state index in [1.165, 1.54) is 45.2 Å². The molecule has 1 aliphatic rings. The molecule has 1 aromatic rings. The first-order chi connectivity index (χ1) is 11.7. The van der Waals surface area contributed by atoms with Crippen LogP contribution in [0.4, 0.5) is 0 Å². The number of aryl methyl sites for hydroxylation is 1. The highest BCUT2D eigenvalue weighted by Crippen LogP contribution is 2.16. The number of aromatic nitrogens is 1. The molecule has 0 bridgehead atoms. The van der Waals surface area contributed by atoms with E-state index in [2.05, 4.69) is 37.8 Å². The molecule has 0 aliphatic carbocycles. The largest absolute Gasteiger partial charge is 0.356 e. The molecule has 2 N–H and O–H groups in total. The molecule has 0 amide bonds. The maximum absolute atomic E-state index is 4.48. The van der Waals surface area contributed by atoms with Crippen LogP contribution in [0.25, 0.3) is 0 Å². The SMILES string of the molecule is CN=C(NCCCCN1CCCCC1C)NCCc1csc(C)n1. The lowest BCUT2D eigenvalue weighted by Crippen LogP contribution is -2.40. The van der Waals surface area contributed by atoms with Crippen molar-refractivity contribution >= 4 is 17.3 Å². The first-order valence-electron chi connectivity index (χ1n) is 9.28. The summed E-state index contributed by atoms with van der Waals surface area (Å²) in [7, 11) is 1.83. The van der Waals surface area contributed by atoms with Gasteiger partial charge < -0.3 is 15.5 Å². The second kappa shape index (κ2) is 10.7.